The molecule has 0 bridgehead atoms. The molecule has 10 heteroatoms. The van der Waals surface area contributed by atoms with Gasteiger partial charge in [-0.25, -0.2) is 9.78 Å². The summed E-state index contributed by atoms with van der Waals surface area (Å²) in [6.07, 6.45) is 1.67. The van der Waals surface area contributed by atoms with E-state index in [-0.39, 0.29) is 28.8 Å². The molecule has 1 heterocycles. The summed E-state index contributed by atoms with van der Waals surface area (Å²) in [7, 11) is 0. The Morgan fingerprint density at radius 2 is 1.79 bits per heavy atom. The fraction of sp³-hybridized carbons (Fsp3) is 0.105. The van der Waals surface area contributed by atoms with Gasteiger partial charge in [0.2, 0.25) is 11.8 Å². The lowest BCUT2D eigenvalue weighted by atomic mass is 10.1. The van der Waals surface area contributed by atoms with Crippen LogP contribution in [0.4, 0.5) is 23.1 Å². The number of nitrogens with one attached hydrogen (secondary N) is 2. The number of aromatic hydroxyl groups is 1. The number of benzene rings is 2. The van der Waals surface area contributed by atoms with Crippen LogP contribution in [-0.4, -0.2) is 37.6 Å². The molecular weight excluding hydrogens is 378 g/mol. The molecule has 0 aliphatic heterocycles. The van der Waals surface area contributed by atoms with Crippen molar-refractivity contribution in [2.75, 3.05) is 17.2 Å². The molecule has 4 N–H and O–H groups in total. The largest absolute Gasteiger partial charge is 0.508 e. The Labute approximate surface area is 165 Å². The second-order valence-electron chi connectivity index (χ2n) is 6.04. The molecule has 3 rings (SSSR count). The summed E-state index contributed by atoms with van der Waals surface area (Å²) in [6, 6.07) is 12.6. The van der Waals surface area contributed by atoms with Gasteiger partial charge in [-0.05, 0) is 48.4 Å². The summed E-state index contributed by atoms with van der Waals surface area (Å²) in [4.78, 5) is 29.7. The number of carboxylic acids is 1. The van der Waals surface area contributed by atoms with E-state index in [2.05, 4.69) is 20.6 Å². The quantitative estimate of drug-likeness (QED) is 0.333. The Bertz CT molecular complexity index is 1020. The molecule has 10 nitrogen and oxygen atoms in total. The van der Waals surface area contributed by atoms with Gasteiger partial charge in [0.1, 0.15) is 11.9 Å². The molecule has 3 aromatic rings. The van der Waals surface area contributed by atoms with Crippen LogP contribution in [0.2, 0.25) is 0 Å². The first-order valence-corrected chi connectivity index (χ1v) is 8.56. The molecule has 0 atom stereocenters. The van der Waals surface area contributed by atoms with Gasteiger partial charge >= 0.3 is 11.7 Å². The maximum Gasteiger partial charge on any atom is 0.335 e. The number of phenols is 1. The number of nitro groups is 1. The predicted octanol–water partition coefficient (Wildman–Crippen LogP) is 3.19. The SMILES string of the molecule is O=C(O)c1ccc(Nc2ncc([N+](=O)[O-])c(NCCc3ccc(O)cc3)n2)cc1. The van der Waals surface area contributed by atoms with Crippen LogP contribution < -0.4 is 10.6 Å². The first-order chi connectivity index (χ1) is 13.9. The zero-order chi connectivity index (χ0) is 20.8. The van der Waals surface area contributed by atoms with Crippen molar-refractivity contribution in [3.05, 3.63) is 76.0 Å². The first kappa shape index (κ1) is 19.5. The molecule has 0 aliphatic carbocycles. The van der Waals surface area contributed by atoms with Crippen LogP contribution in [0.3, 0.4) is 0 Å². The predicted molar refractivity (Wildman–Crippen MR) is 106 cm³/mol. The number of hydrogen-bond donors (Lipinski definition) is 4. The van der Waals surface area contributed by atoms with Crippen LogP contribution >= 0.6 is 0 Å². The Hall–Kier alpha value is -4.21. The minimum Gasteiger partial charge on any atom is -0.508 e. The van der Waals surface area contributed by atoms with Crippen molar-refractivity contribution in [1.82, 2.24) is 9.97 Å². The van der Waals surface area contributed by atoms with Crippen LogP contribution in [0, 0.1) is 10.1 Å². The Morgan fingerprint density at radius 3 is 2.41 bits per heavy atom. The molecule has 0 saturated heterocycles. The lowest BCUT2D eigenvalue weighted by molar-refractivity contribution is -0.384. The normalized spacial score (nSPS) is 10.3. The van der Waals surface area contributed by atoms with E-state index in [1.807, 2.05) is 0 Å². The second-order valence-corrected chi connectivity index (χ2v) is 6.04. The Kier molecular flexibility index (Phi) is 5.83. The third-order valence-corrected chi connectivity index (χ3v) is 4.00. The fourth-order valence-corrected chi connectivity index (χ4v) is 2.51. The number of hydrogen-bond acceptors (Lipinski definition) is 8. The minimum atomic E-state index is -1.04. The lowest BCUT2D eigenvalue weighted by Crippen LogP contribution is -2.10. The van der Waals surface area contributed by atoms with Crippen LogP contribution in [0.1, 0.15) is 15.9 Å². The Balaban J connectivity index is 1.72. The van der Waals surface area contributed by atoms with Crippen molar-refractivity contribution in [1.29, 1.82) is 0 Å². The van der Waals surface area contributed by atoms with E-state index in [0.717, 1.165) is 11.8 Å². The topological polar surface area (TPSA) is 151 Å². The van der Waals surface area contributed by atoms with Crippen molar-refractivity contribution in [2.45, 2.75) is 6.42 Å². The number of carbonyl (C=O) groups is 1. The van der Waals surface area contributed by atoms with Gasteiger partial charge in [0.25, 0.3) is 0 Å². The van der Waals surface area contributed by atoms with Crippen molar-refractivity contribution in [3.63, 3.8) is 0 Å². The summed E-state index contributed by atoms with van der Waals surface area (Å²) in [5, 5.41) is 35.3. The number of aromatic nitrogens is 2. The van der Waals surface area contributed by atoms with Crippen LogP contribution in [0.5, 0.6) is 5.75 Å². The van der Waals surface area contributed by atoms with Crippen molar-refractivity contribution in [2.24, 2.45) is 0 Å². The maximum absolute atomic E-state index is 11.2. The summed E-state index contributed by atoms with van der Waals surface area (Å²) >= 11 is 0. The second kappa shape index (κ2) is 8.65. The lowest BCUT2D eigenvalue weighted by Gasteiger charge is -2.09. The highest BCUT2D eigenvalue weighted by molar-refractivity contribution is 5.88. The minimum absolute atomic E-state index is 0.0634. The molecule has 0 fully saturated rings. The summed E-state index contributed by atoms with van der Waals surface area (Å²) in [6.45, 7) is 0.384. The molecule has 0 aliphatic rings. The van der Waals surface area contributed by atoms with Gasteiger partial charge in [0, 0.05) is 12.2 Å². The molecule has 148 valence electrons. The van der Waals surface area contributed by atoms with Gasteiger partial charge in [-0.15, -0.1) is 0 Å². The van der Waals surface area contributed by atoms with Gasteiger partial charge < -0.3 is 20.8 Å². The van der Waals surface area contributed by atoms with Gasteiger partial charge in [0.15, 0.2) is 0 Å². The molecule has 0 radical (unpaired) electrons. The number of carboxylic acid groups (broad SMARTS) is 1. The van der Waals surface area contributed by atoms with Crippen LogP contribution in [-0.2, 0) is 6.42 Å². The summed E-state index contributed by atoms with van der Waals surface area (Å²) < 4.78 is 0. The molecule has 0 amide bonds. The number of nitrogens with zero attached hydrogens (tertiary/aromatic N) is 3. The third-order valence-electron chi connectivity index (χ3n) is 4.00. The molecule has 29 heavy (non-hydrogen) atoms. The highest BCUT2D eigenvalue weighted by Gasteiger charge is 2.17. The molecular formula is C19H17N5O5. The van der Waals surface area contributed by atoms with E-state index in [4.69, 9.17) is 5.11 Å². The number of phenolic OH excluding ortho intramolecular Hbond substituents is 1. The highest BCUT2D eigenvalue weighted by atomic mass is 16.6. The fourth-order valence-electron chi connectivity index (χ4n) is 2.51. The van der Waals surface area contributed by atoms with Gasteiger partial charge in [0.05, 0.1) is 10.5 Å². The first-order valence-electron chi connectivity index (χ1n) is 8.56. The zero-order valence-electron chi connectivity index (χ0n) is 15.1. The van der Waals surface area contributed by atoms with E-state index in [1.165, 1.54) is 12.1 Å². The van der Waals surface area contributed by atoms with Gasteiger partial charge in [-0.3, -0.25) is 10.1 Å². The van der Waals surface area contributed by atoms with Gasteiger partial charge in [-0.2, -0.15) is 4.98 Å². The Morgan fingerprint density at radius 1 is 1.10 bits per heavy atom. The van der Waals surface area contributed by atoms with Crippen LogP contribution in [0.15, 0.2) is 54.7 Å². The van der Waals surface area contributed by atoms with Crippen LogP contribution in [0.25, 0.3) is 0 Å². The van der Waals surface area contributed by atoms with Crippen molar-refractivity contribution < 1.29 is 19.9 Å². The standard InChI is InChI=1S/C19H17N5O5/c25-15-7-1-12(2-8-15)9-10-20-17-16(24(28)29)11-21-19(23-17)22-14-5-3-13(4-6-14)18(26)27/h1-8,11,25H,9-10H2,(H,26,27)(H2,20,21,22,23). The van der Waals surface area contributed by atoms with Crippen molar-refractivity contribution >= 4 is 29.1 Å². The zero-order valence-corrected chi connectivity index (χ0v) is 15.1. The highest BCUT2D eigenvalue weighted by Crippen LogP contribution is 2.24. The number of rotatable bonds is 8. The molecule has 0 unspecified atom stereocenters. The third kappa shape index (κ3) is 5.16. The van der Waals surface area contributed by atoms with Gasteiger partial charge in [-0.1, -0.05) is 12.1 Å². The summed E-state index contributed by atoms with van der Waals surface area (Å²) in [5.41, 5.74) is 1.36. The molecule has 0 saturated carbocycles. The average molecular weight is 395 g/mol. The maximum atomic E-state index is 11.2. The van der Waals surface area contributed by atoms with E-state index < -0.39 is 10.9 Å². The monoisotopic (exact) mass is 395 g/mol. The average Bonchev–Trinajstić information content (AvgIpc) is 2.70. The van der Waals surface area contributed by atoms with E-state index in [1.54, 1.807) is 36.4 Å². The molecule has 0 spiro atoms. The van der Waals surface area contributed by atoms with E-state index in [0.29, 0.717) is 18.7 Å². The van der Waals surface area contributed by atoms with E-state index in [9.17, 15) is 20.0 Å². The number of anilines is 3. The smallest absolute Gasteiger partial charge is 0.335 e. The van der Waals surface area contributed by atoms with Crippen molar-refractivity contribution in [3.8, 4) is 5.75 Å². The molecule has 2 aromatic carbocycles. The summed E-state index contributed by atoms with van der Waals surface area (Å²) in [5.74, 6) is -0.678. The van der Waals surface area contributed by atoms with E-state index >= 15 is 0 Å². The number of aromatic carboxylic acids is 1. The molecule has 1 aromatic heterocycles.